The van der Waals surface area contributed by atoms with E-state index in [2.05, 4.69) is 38.6 Å². The van der Waals surface area contributed by atoms with Gasteiger partial charge in [0.25, 0.3) is 0 Å². The number of fused-ring (bicyclic) bond motifs is 5. The maximum Gasteiger partial charge on any atom is 0.119 e. The fraction of sp³-hybridized carbons (Fsp3) is 0.667. The van der Waals surface area contributed by atoms with Crippen LogP contribution in [0, 0.1) is 17.3 Å². The van der Waals surface area contributed by atoms with Crippen LogP contribution in [0.15, 0.2) is 30.5 Å². The van der Waals surface area contributed by atoms with Crippen molar-refractivity contribution in [3.8, 4) is 5.75 Å². The maximum atomic E-state index is 6.18. The van der Waals surface area contributed by atoms with Crippen molar-refractivity contribution in [2.45, 2.75) is 77.7 Å². The Morgan fingerprint density at radius 2 is 2.08 bits per heavy atom. The molecule has 0 aromatic heterocycles. The minimum Gasteiger partial charge on any atom is -0.495 e. The third-order valence-corrected chi connectivity index (χ3v) is 7.43. The second-order valence-electron chi connectivity index (χ2n) is 9.05. The van der Waals surface area contributed by atoms with Crippen molar-refractivity contribution in [1.82, 2.24) is 0 Å². The Balaban J connectivity index is 1.55. The summed E-state index contributed by atoms with van der Waals surface area (Å²) in [4.78, 5) is 0. The van der Waals surface area contributed by atoms with Crippen LogP contribution < -0.4 is 4.74 Å². The lowest BCUT2D eigenvalue weighted by Crippen LogP contribution is -2.44. The van der Waals surface area contributed by atoms with Gasteiger partial charge in [0.05, 0.1) is 12.4 Å². The molecule has 142 valence electrons. The summed E-state index contributed by atoms with van der Waals surface area (Å²) in [5, 5.41) is 0. The number of ether oxygens (including phenoxy) is 2. The molecule has 0 N–H and O–H groups in total. The van der Waals surface area contributed by atoms with E-state index in [9.17, 15) is 0 Å². The van der Waals surface area contributed by atoms with E-state index in [1.165, 1.54) is 44.1 Å². The molecule has 3 aliphatic rings. The number of hydrogen-bond acceptors (Lipinski definition) is 2. The Hall–Kier alpha value is -1.44. The lowest BCUT2D eigenvalue weighted by atomic mass is 9.55. The van der Waals surface area contributed by atoms with E-state index in [0.29, 0.717) is 11.5 Å². The van der Waals surface area contributed by atoms with Gasteiger partial charge in [0.1, 0.15) is 11.9 Å². The molecule has 4 rings (SSSR count). The van der Waals surface area contributed by atoms with Crippen LogP contribution in [-0.4, -0.2) is 12.7 Å². The van der Waals surface area contributed by atoms with Crippen molar-refractivity contribution in [3.63, 3.8) is 0 Å². The van der Waals surface area contributed by atoms with E-state index in [1.54, 1.807) is 5.56 Å². The molecular formula is C24H34O2. The van der Waals surface area contributed by atoms with Crippen LogP contribution in [0.5, 0.6) is 5.75 Å². The average molecular weight is 355 g/mol. The topological polar surface area (TPSA) is 18.5 Å². The summed E-state index contributed by atoms with van der Waals surface area (Å²) in [5.41, 5.74) is 3.48. The molecule has 0 spiro atoms. The zero-order chi connectivity index (χ0) is 18.3. The summed E-state index contributed by atoms with van der Waals surface area (Å²) >= 11 is 0. The molecule has 2 nitrogen and oxygen atoms in total. The Bertz CT molecular complexity index is 679. The highest BCUT2D eigenvalue weighted by Gasteiger charge is 2.55. The lowest BCUT2D eigenvalue weighted by molar-refractivity contribution is -0.0378. The number of rotatable bonds is 5. The first-order valence-corrected chi connectivity index (χ1v) is 10.6. The van der Waals surface area contributed by atoms with Gasteiger partial charge in [-0.3, -0.25) is 0 Å². The van der Waals surface area contributed by atoms with Crippen molar-refractivity contribution in [2.24, 2.45) is 17.3 Å². The minimum absolute atomic E-state index is 0.335. The largest absolute Gasteiger partial charge is 0.495 e. The molecule has 0 amide bonds. The highest BCUT2D eigenvalue weighted by Crippen LogP contribution is 2.61. The van der Waals surface area contributed by atoms with E-state index in [1.807, 2.05) is 6.92 Å². The standard InChI is InChI=1S/C24H34O2/c1-5-14-25-18-7-9-19-17(15-18)6-8-21-20(19)12-13-24(4)22(21)10-11-23(24)26-16(2)3/h7,9,15,20-23H,2,5-6,8,10-14H2,1,3-4H3/t20-,21-,22+,23+,24+/m1/s1. The second kappa shape index (κ2) is 6.94. The first kappa shape index (κ1) is 17.9. The van der Waals surface area contributed by atoms with Crippen molar-refractivity contribution in [1.29, 1.82) is 0 Å². The van der Waals surface area contributed by atoms with Crippen LogP contribution in [0.25, 0.3) is 0 Å². The lowest BCUT2D eigenvalue weighted by Gasteiger charge is -2.50. The molecule has 0 bridgehead atoms. The third kappa shape index (κ3) is 2.96. The summed E-state index contributed by atoms with van der Waals surface area (Å²) in [5.74, 6) is 4.30. The van der Waals surface area contributed by atoms with Gasteiger partial charge in [0, 0.05) is 5.41 Å². The van der Waals surface area contributed by atoms with Gasteiger partial charge in [-0.25, -0.2) is 0 Å². The van der Waals surface area contributed by atoms with E-state index in [0.717, 1.165) is 42.3 Å². The Labute approximate surface area is 159 Å². The first-order valence-electron chi connectivity index (χ1n) is 10.6. The average Bonchev–Trinajstić information content (AvgIpc) is 2.95. The third-order valence-electron chi connectivity index (χ3n) is 7.43. The smallest absolute Gasteiger partial charge is 0.119 e. The van der Waals surface area contributed by atoms with Gasteiger partial charge in [0.2, 0.25) is 0 Å². The van der Waals surface area contributed by atoms with Crippen LogP contribution in [0.1, 0.15) is 76.3 Å². The molecule has 1 aromatic rings. The summed E-state index contributed by atoms with van der Waals surface area (Å²) < 4.78 is 12.0. The predicted octanol–water partition coefficient (Wildman–Crippen LogP) is 6.25. The highest BCUT2D eigenvalue weighted by molar-refractivity contribution is 5.40. The van der Waals surface area contributed by atoms with Crippen molar-refractivity contribution in [2.75, 3.05) is 6.61 Å². The van der Waals surface area contributed by atoms with Gasteiger partial charge >= 0.3 is 0 Å². The number of aryl methyl sites for hydroxylation is 1. The van der Waals surface area contributed by atoms with Gasteiger partial charge in [-0.1, -0.05) is 26.5 Å². The van der Waals surface area contributed by atoms with E-state index < -0.39 is 0 Å². The fourth-order valence-corrected chi connectivity index (χ4v) is 6.26. The summed E-state index contributed by atoms with van der Waals surface area (Å²) in [6.45, 7) is 11.5. The van der Waals surface area contributed by atoms with Crippen molar-refractivity contribution < 1.29 is 9.47 Å². The molecule has 3 aliphatic carbocycles. The first-order chi connectivity index (χ1) is 12.5. The Kier molecular flexibility index (Phi) is 4.79. The van der Waals surface area contributed by atoms with Gasteiger partial charge in [0.15, 0.2) is 0 Å². The van der Waals surface area contributed by atoms with E-state index in [4.69, 9.17) is 9.47 Å². The monoisotopic (exact) mass is 354 g/mol. The zero-order valence-corrected chi connectivity index (χ0v) is 16.7. The zero-order valence-electron chi connectivity index (χ0n) is 16.7. The quantitative estimate of drug-likeness (QED) is 0.582. The molecule has 0 aliphatic heterocycles. The molecule has 0 unspecified atom stereocenters. The molecule has 2 fully saturated rings. The molecule has 0 heterocycles. The molecule has 1 aromatic carbocycles. The molecule has 0 radical (unpaired) electrons. The van der Waals surface area contributed by atoms with Crippen LogP contribution >= 0.6 is 0 Å². The second-order valence-corrected chi connectivity index (χ2v) is 9.05. The maximum absolute atomic E-state index is 6.18. The normalized spacial score (nSPS) is 35.2. The van der Waals surface area contributed by atoms with E-state index in [-0.39, 0.29) is 0 Å². The Morgan fingerprint density at radius 1 is 1.23 bits per heavy atom. The Morgan fingerprint density at radius 3 is 2.85 bits per heavy atom. The summed E-state index contributed by atoms with van der Waals surface area (Å²) in [7, 11) is 0. The summed E-state index contributed by atoms with van der Waals surface area (Å²) in [6, 6.07) is 6.89. The summed E-state index contributed by atoms with van der Waals surface area (Å²) in [6.07, 6.45) is 9.08. The predicted molar refractivity (Wildman–Crippen MR) is 107 cm³/mol. The molecule has 2 heteroatoms. The van der Waals surface area contributed by atoms with Gasteiger partial charge in [-0.2, -0.15) is 0 Å². The molecule has 0 saturated heterocycles. The highest BCUT2D eigenvalue weighted by atomic mass is 16.5. The van der Waals surface area contributed by atoms with Crippen molar-refractivity contribution >= 4 is 0 Å². The molecule has 5 atom stereocenters. The fourth-order valence-electron chi connectivity index (χ4n) is 6.26. The number of benzene rings is 1. The van der Waals surface area contributed by atoms with Gasteiger partial charge < -0.3 is 9.47 Å². The minimum atomic E-state index is 0.335. The number of hydrogen-bond donors (Lipinski definition) is 0. The SMILES string of the molecule is C=C(C)O[C@H]1CC[C@H]2[C@@H]3CCc4cc(OCCC)ccc4[C@H]3CC[C@]12C. The van der Waals surface area contributed by atoms with Crippen molar-refractivity contribution in [3.05, 3.63) is 41.7 Å². The van der Waals surface area contributed by atoms with E-state index >= 15 is 0 Å². The van der Waals surface area contributed by atoms with Crippen LogP contribution in [-0.2, 0) is 11.2 Å². The van der Waals surface area contributed by atoms with Crippen LogP contribution in [0.3, 0.4) is 0 Å². The number of allylic oxidation sites excluding steroid dienone is 1. The van der Waals surface area contributed by atoms with Crippen LogP contribution in [0.4, 0.5) is 0 Å². The molecular weight excluding hydrogens is 320 g/mol. The molecule has 2 saturated carbocycles. The van der Waals surface area contributed by atoms with Gasteiger partial charge in [-0.05, 0) is 92.9 Å². The molecule has 26 heavy (non-hydrogen) atoms. The van der Waals surface area contributed by atoms with Crippen LogP contribution in [0.2, 0.25) is 0 Å². The van der Waals surface area contributed by atoms with Gasteiger partial charge in [-0.15, -0.1) is 0 Å².